The summed E-state index contributed by atoms with van der Waals surface area (Å²) >= 11 is 0. The summed E-state index contributed by atoms with van der Waals surface area (Å²) in [5.41, 5.74) is 4.12. The normalized spacial score (nSPS) is 16.9. The molecular weight excluding hydrogens is 559 g/mol. The molecule has 4 aromatic rings. The van der Waals surface area contributed by atoms with Crippen molar-refractivity contribution in [3.63, 3.8) is 0 Å². The number of aromatic nitrogens is 1. The summed E-state index contributed by atoms with van der Waals surface area (Å²) in [5.74, 6) is -1.47. The third-order valence-electron chi connectivity index (χ3n) is 7.27. The quantitative estimate of drug-likeness (QED) is 0.332. The molecule has 1 atom stereocenters. The Morgan fingerprint density at radius 3 is 2.44 bits per heavy atom. The molecular formula is C29H26F3N3O5S. The Morgan fingerprint density at radius 2 is 1.76 bits per heavy atom. The SMILES string of the molecule is CCCN1CC(C(=O)O)n2c(c(-c3cccc(C(F)(F)F)c3)c(Cc3cccc4ccccc34)c(N)c2=O)S1(=O)=O. The van der Waals surface area contributed by atoms with Crippen LogP contribution in [-0.4, -0.2) is 41.5 Å². The molecule has 12 heteroatoms. The van der Waals surface area contributed by atoms with Crippen molar-refractivity contribution in [3.05, 3.63) is 93.8 Å². The van der Waals surface area contributed by atoms with Gasteiger partial charge in [-0.2, -0.15) is 17.5 Å². The van der Waals surface area contributed by atoms with Gasteiger partial charge in [0.25, 0.3) is 15.6 Å². The minimum Gasteiger partial charge on any atom is -0.480 e. The predicted octanol–water partition coefficient (Wildman–Crippen LogP) is 4.90. The Labute approximate surface area is 233 Å². The smallest absolute Gasteiger partial charge is 0.416 e. The number of hydrogen-bond acceptors (Lipinski definition) is 5. The Bertz CT molecular complexity index is 1850. The van der Waals surface area contributed by atoms with Crippen molar-refractivity contribution in [2.24, 2.45) is 0 Å². The van der Waals surface area contributed by atoms with E-state index >= 15 is 0 Å². The Kier molecular flexibility index (Phi) is 7.16. The van der Waals surface area contributed by atoms with Gasteiger partial charge >= 0.3 is 12.1 Å². The van der Waals surface area contributed by atoms with Crippen molar-refractivity contribution in [1.82, 2.24) is 8.87 Å². The number of alkyl halides is 3. The van der Waals surface area contributed by atoms with Crippen molar-refractivity contribution >= 4 is 32.5 Å². The zero-order valence-corrected chi connectivity index (χ0v) is 22.7. The minimum atomic E-state index is -4.75. The van der Waals surface area contributed by atoms with Gasteiger partial charge in [-0.3, -0.25) is 9.36 Å². The molecule has 1 aliphatic heterocycles. The van der Waals surface area contributed by atoms with Gasteiger partial charge in [0.1, 0.15) is 11.7 Å². The molecule has 0 amide bonds. The van der Waals surface area contributed by atoms with E-state index in [2.05, 4.69) is 0 Å². The van der Waals surface area contributed by atoms with Crippen LogP contribution in [0, 0.1) is 0 Å². The number of nitrogens with zero attached hydrogens (tertiary/aromatic N) is 2. The maximum atomic E-state index is 14.0. The van der Waals surface area contributed by atoms with Crippen molar-refractivity contribution < 1.29 is 31.5 Å². The molecule has 0 saturated heterocycles. The molecule has 0 radical (unpaired) electrons. The first-order chi connectivity index (χ1) is 19.4. The molecule has 3 aromatic carbocycles. The third kappa shape index (κ3) is 4.87. The molecule has 0 spiro atoms. The van der Waals surface area contributed by atoms with Crippen LogP contribution in [-0.2, 0) is 27.4 Å². The van der Waals surface area contributed by atoms with Crippen molar-refractivity contribution in [2.75, 3.05) is 18.8 Å². The third-order valence-corrected chi connectivity index (χ3v) is 9.17. The molecule has 0 aliphatic carbocycles. The Hall–Kier alpha value is -4.16. The predicted molar refractivity (Wildman–Crippen MR) is 148 cm³/mol. The van der Waals surface area contributed by atoms with E-state index in [0.29, 0.717) is 16.6 Å². The fraction of sp³-hybridized carbons (Fsp3) is 0.241. The highest BCUT2D eigenvalue weighted by molar-refractivity contribution is 7.89. The standard InChI is InChI=1S/C29H26F3N3O5S/c1-2-13-34-16-23(28(37)38)35-26(36)25(33)22(15-18-9-5-8-17-7-3-4-12-21(17)18)24(27(35)41(34,39)40)19-10-6-11-20(14-19)29(30,31)32/h3-12,14,23H,2,13,15-16,33H2,1H3,(H,37,38). The summed E-state index contributed by atoms with van der Waals surface area (Å²) in [7, 11) is -4.54. The van der Waals surface area contributed by atoms with Gasteiger partial charge in [0.15, 0.2) is 5.03 Å². The van der Waals surface area contributed by atoms with Crippen LogP contribution < -0.4 is 11.3 Å². The molecule has 3 N–H and O–H groups in total. The molecule has 1 unspecified atom stereocenters. The summed E-state index contributed by atoms with van der Waals surface area (Å²) in [6.07, 6.45) is -4.50. The molecule has 0 saturated carbocycles. The summed E-state index contributed by atoms with van der Waals surface area (Å²) in [4.78, 5) is 26.0. The van der Waals surface area contributed by atoms with Gasteiger partial charge in [0.05, 0.1) is 5.56 Å². The Balaban J connectivity index is 1.92. The van der Waals surface area contributed by atoms with Gasteiger partial charge < -0.3 is 10.8 Å². The van der Waals surface area contributed by atoms with Crippen LogP contribution >= 0.6 is 0 Å². The maximum absolute atomic E-state index is 14.0. The van der Waals surface area contributed by atoms with Crippen LogP contribution in [0.5, 0.6) is 0 Å². The average Bonchev–Trinajstić information content (AvgIpc) is 2.92. The fourth-order valence-corrected chi connectivity index (χ4v) is 7.35. The second-order valence-corrected chi connectivity index (χ2v) is 11.7. The first-order valence-corrected chi connectivity index (χ1v) is 14.2. The number of anilines is 1. The van der Waals surface area contributed by atoms with Crippen LogP contribution in [0.3, 0.4) is 0 Å². The zero-order chi connectivity index (χ0) is 29.7. The lowest BCUT2D eigenvalue weighted by Crippen LogP contribution is -2.50. The molecule has 214 valence electrons. The number of rotatable bonds is 6. The number of nitrogens with two attached hydrogens (primary N) is 1. The minimum absolute atomic E-state index is 0.00277. The van der Waals surface area contributed by atoms with E-state index < -0.39 is 56.6 Å². The molecule has 2 heterocycles. The first-order valence-electron chi connectivity index (χ1n) is 12.8. The van der Waals surface area contributed by atoms with E-state index in [4.69, 9.17) is 5.73 Å². The van der Waals surface area contributed by atoms with E-state index in [1.807, 2.05) is 24.3 Å². The second kappa shape index (κ2) is 10.3. The lowest BCUT2D eigenvalue weighted by molar-refractivity contribution is -0.141. The summed E-state index contributed by atoms with van der Waals surface area (Å²) in [6.45, 7) is 1.13. The van der Waals surface area contributed by atoms with Gasteiger partial charge in [0.2, 0.25) is 0 Å². The number of carboxylic acid groups (broad SMARTS) is 1. The van der Waals surface area contributed by atoms with Crippen LogP contribution in [0.2, 0.25) is 0 Å². The monoisotopic (exact) mass is 585 g/mol. The summed E-state index contributed by atoms with van der Waals surface area (Å²) in [5, 5.41) is 11.0. The van der Waals surface area contributed by atoms with Crippen LogP contribution in [0.15, 0.2) is 76.6 Å². The molecule has 8 nitrogen and oxygen atoms in total. The number of hydrogen-bond donors (Lipinski definition) is 2. The van der Waals surface area contributed by atoms with Gasteiger partial charge in [0, 0.05) is 25.1 Å². The number of carboxylic acids is 1. The number of nitrogen functional groups attached to an aromatic ring is 1. The highest BCUT2D eigenvalue weighted by Crippen LogP contribution is 2.41. The van der Waals surface area contributed by atoms with Crippen molar-refractivity contribution in [1.29, 1.82) is 0 Å². The molecule has 1 aliphatic rings. The number of sulfonamides is 1. The van der Waals surface area contributed by atoms with E-state index in [9.17, 15) is 36.3 Å². The van der Waals surface area contributed by atoms with Crippen molar-refractivity contribution in [3.8, 4) is 11.1 Å². The lowest BCUT2D eigenvalue weighted by Gasteiger charge is -2.35. The summed E-state index contributed by atoms with van der Waals surface area (Å²) < 4.78 is 71.0. The Morgan fingerprint density at radius 1 is 1.07 bits per heavy atom. The molecule has 5 rings (SSSR count). The van der Waals surface area contributed by atoms with Crippen LogP contribution in [0.25, 0.3) is 21.9 Å². The lowest BCUT2D eigenvalue weighted by atomic mass is 9.92. The first kappa shape index (κ1) is 28.4. The molecule has 1 aromatic heterocycles. The van der Waals surface area contributed by atoms with E-state index in [1.165, 1.54) is 6.07 Å². The second-order valence-electron chi connectivity index (χ2n) is 9.86. The topological polar surface area (TPSA) is 123 Å². The van der Waals surface area contributed by atoms with Crippen molar-refractivity contribution in [2.45, 2.75) is 37.0 Å². The summed E-state index contributed by atoms with van der Waals surface area (Å²) in [6, 6.07) is 15.1. The highest BCUT2D eigenvalue weighted by Gasteiger charge is 2.44. The van der Waals surface area contributed by atoms with Gasteiger partial charge in [-0.05, 0) is 46.0 Å². The van der Waals surface area contributed by atoms with Gasteiger partial charge in [-0.15, -0.1) is 0 Å². The zero-order valence-electron chi connectivity index (χ0n) is 21.9. The number of aliphatic carboxylic acids is 1. The number of fused-ring (bicyclic) bond motifs is 2. The van der Waals surface area contributed by atoms with Crippen LogP contribution in [0.4, 0.5) is 18.9 Å². The molecule has 41 heavy (non-hydrogen) atoms. The number of halogens is 3. The highest BCUT2D eigenvalue weighted by atomic mass is 32.2. The molecule has 0 fully saturated rings. The number of pyridine rings is 1. The fourth-order valence-electron chi connectivity index (χ4n) is 5.39. The number of benzene rings is 3. The average molecular weight is 586 g/mol. The van der Waals surface area contributed by atoms with E-state index in [1.54, 1.807) is 25.1 Å². The van der Waals surface area contributed by atoms with Gasteiger partial charge in [-0.25, -0.2) is 13.2 Å². The molecule has 0 bridgehead atoms. The van der Waals surface area contributed by atoms with Crippen LogP contribution in [0.1, 0.15) is 36.1 Å². The largest absolute Gasteiger partial charge is 0.480 e. The van der Waals surface area contributed by atoms with E-state index in [-0.39, 0.29) is 29.7 Å². The van der Waals surface area contributed by atoms with E-state index in [0.717, 1.165) is 33.3 Å². The number of carbonyl (C=O) groups is 1. The maximum Gasteiger partial charge on any atom is 0.416 e. The van der Waals surface area contributed by atoms with Gasteiger partial charge in [-0.1, -0.05) is 61.5 Å².